The number of piperidine rings is 1. The van der Waals surface area contributed by atoms with E-state index in [1.54, 1.807) is 10.4 Å². The molecule has 0 aliphatic carbocycles. The number of hydrogen-bond acceptors (Lipinski definition) is 5. The first-order valence-electron chi connectivity index (χ1n) is 11.8. The maximum Gasteiger partial charge on any atom is 0.265 e. The van der Waals surface area contributed by atoms with Crippen LogP contribution in [0.15, 0.2) is 35.2 Å². The highest BCUT2D eigenvalue weighted by molar-refractivity contribution is 7.89. The van der Waals surface area contributed by atoms with Crippen molar-refractivity contribution in [3.63, 3.8) is 0 Å². The minimum absolute atomic E-state index is 0.0340. The summed E-state index contributed by atoms with van der Waals surface area (Å²) in [6.45, 7) is 6.11. The Morgan fingerprint density at radius 2 is 1.74 bits per heavy atom. The fourth-order valence-corrected chi connectivity index (χ4v) is 7.67. The number of aromatic nitrogens is 2. The van der Waals surface area contributed by atoms with Crippen molar-refractivity contribution >= 4 is 27.3 Å². The highest BCUT2D eigenvalue weighted by Crippen LogP contribution is 2.35. The molecule has 5 rings (SSSR count). The van der Waals surface area contributed by atoms with E-state index in [9.17, 15) is 13.2 Å². The number of nitrogens with zero attached hydrogens (tertiary/aromatic N) is 4. The molecule has 180 valence electrons. The van der Waals surface area contributed by atoms with Crippen LogP contribution in [-0.2, 0) is 30.0 Å². The minimum Gasteiger partial charge on any atom is -0.345 e. The molecule has 0 saturated carbocycles. The lowest BCUT2D eigenvalue weighted by Gasteiger charge is -2.28. The molecule has 1 aromatic carbocycles. The number of fused-ring (bicyclic) bond motifs is 1. The molecule has 0 radical (unpaired) electrons. The van der Waals surface area contributed by atoms with Crippen molar-refractivity contribution in [2.75, 3.05) is 19.6 Å². The standard InChI is InChI=1S/C25H30N4O3S2/c1-17-23(25(30)28-12-7-4-8-13-28)33-24(26-17)21-15-22(18(2)27(21)3)34(31,32)29-14-11-19-9-5-6-10-20(19)16-29/h5-6,9-10,15H,4,7-8,11-14,16H2,1-3H3. The number of likely N-dealkylation sites (tertiary alicyclic amines) is 1. The van der Waals surface area contributed by atoms with Crippen molar-refractivity contribution in [3.05, 3.63) is 57.7 Å². The summed E-state index contributed by atoms with van der Waals surface area (Å²) in [6, 6.07) is 9.74. The van der Waals surface area contributed by atoms with E-state index < -0.39 is 10.0 Å². The number of carbonyl (C=O) groups is 1. The van der Waals surface area contributed by atoms with Gasteiger partial charge in [-0.15, -0.1) is 11.3 Å². The van der Waals surface area contributed by atoms with Gasteiger partial charge in [-0.1, -0.05) is 24.3 Å². The molecule has 1 fully saturated rings. The zero-order chi connectivity index (χ0) is 24.0. The van der Waals surface area contributed by atoms with E-state index in [0.29, 0.717) is 45.7 Å². The van der Waals surface area contributed by atoms with Crippen LogP contribution in [-0.4, -0.2) is 52.7 Å². The Morgan fingerprint density at radius 1 is 1.03 bits per heavy atom. The van der Waals surface area contributed by atoms with Crippen molar-refractivity contribution in [1.29, 1.82) is 0 Å². The second-order valence-corrected chi connectivity index (χ2v) is 12.1. The predicted octanol–water partition coefficient (Wildman–Crippen LogP) is 4.14. The number of aryl methyl sites for hydroxylation is 1. The highest BCUT2D eigenvalue weighted by atomic mass is 32.2. The molecule has 2 aliphatic rings. The molecule has 34 heavy (non-hydrogen) atoms. The number of amides is 1. The largest absolute Gasteiger partial charge is 0.345 e. The van der Waals surface area contributed by atoms with E-state index in [-0.39, 0.29) is 5.91 Å². The van der Waals surface area contributed by atoms with Crippen LogP contribution in [0.1, 0.15) is 51.4 Å². The summed E-state index contributed by atoms with van der Waals surface area (Å²) in [7, 11) is -1.81. The summed E-state index contributed by atoms with van der Waals surface area (Å²) in [5.41, 5.74) is 4.36. The number of benzene rings is 1. The molecule has 0 bridgehead atoms. The van der Waals surface area contributed by atoms with E-state index >= 15 is 0 Å². The number of sulfonamides is 1. The number of carbonyl (C=O) groups excluding carboxylic acids is 1. The Balaban J connectivity index is 1.46. The van der Waals surface area contributed by atoms with Gasteiger partial charge in [0.2, 0.25) is 10.0 Å². The maximum atomic E-state index is 13.6. The molecule has 3 aromatic rings. The third-order valence-electron chi connectivity index (χ3n) is 7.06. The molecule has 1 saturated heterocycles. The van der Waals surface area contributed by atoms with E-state index in [4.69, 9.17) is 0 Å². The van der Waals surface area contributed by atoms with Gasteiger partial charge in [-0.25, -0.2) is 13.4 Å². The van der Waals surface area contributed by atoms with Crippen LogP contribution in [0.25, 0.3) is 10.7 Å². The summed E-state index contributed by atoms with van der Waals surface area (Å²) < 4.78 is 30.7. The first-order valence-corrected chi connectivity index (χ1v) is 14.0. The SMILES string of the molecule is Cc1nc(-c2cc(S(=O)(=O)N3CCc4ccccc4C3)c(C)n2C)sc1C(=O)N1CCCCC1. The molecule has 2 aliphatic heterocycles. The summed E-state index contributed by atoms with van der Waals surface area (Å²) >= 11 is 1.36. The molecule has 0 atom stereocenters. The summed E-state index contributed by atoms with van der Waals surface area (Å²) in [5, 5.41) is 0.675. The van der Waals surface area contributed by atoms with Crippen molar-refractivity contribution in [2.45, 2.75) is 51.0 Å². The Kier molecular flexibility index (Phi) is 6.12. The van der Waals surface area contributed by atoms with Crippen LogP contribution in [0.2, 0.25) is 0 Å². The summed E-state index contributed by atoms with van der Waals surface area (Å²) in [5.74, 6) is 0.0340. The molecular weight excluding hydrogens is 468 g/mol. The van der Waals surface area contributed by atoms with Gasteiger partial charge >= 0.3 is 0 Å². The second kappa shape index (κ2) is 8.94. The maximum absolute atomic E-state index is 13.6. The molecule has 7 nitrogen and oxygen atoms in total. The van der Waals surface area contributed by atoms with Gasteiger partial charge in [0.05, 0.1) is 11.4 Å². The van der Waals surface area contributed by atoms with Gasteiger partial charge in [0.15, 0.2) is 0 Å². The minimum atomic E-state index is -3.67. The Hall–Kier alpha value is -2.49. The van der Waals surface area contributed by atoms with E-state index in [0.717, 1.165) is 37.2 Å². The van der Waals surface area contributed by atoms with Crippen LogP contribution >= 0.6 is 11.3 Å². The molecule has 4 heterocycles. The van der Waals surface area contributed by atoms with Crippen LogP contribution in [0, 0.1) is 13.8 Å². The van der Waals surface area contributed by atoms with Gasteiger partial charge in [-0.2, -0.15) is 4.31 Å². The van der Waals surface area contributed by atoms with Crippen molar-refractivity contribution in [1.82, 2.24) is 18.8 Å². The molecule has 2 aromatic heterocycles. The fourth-order valence-electron chi connectivity index (χ4n) is 4.90. The zero-order valence-corrected chi connectivity index (χ0v) is 21.5. The monoisotopic (exact) mass is 498 g/mol. The number of rotatable bonds is 4. The second-order valence-electron chi connectivity index (χ2n) is 9.18. The molecular formula is C25H30N4O3S2. The van der Waals surface area contributed by atoms with Gasteiger partial charge in [0.1, 0.15) is 14.8 Å². The fraction of sp³-hybridized carbons (Fsp3) is 0.440. The van der Waals surface area contributed by atoms with Gasteiger partial charge in [-0.05, 0) is 56.7 Å². The molecule has 1 amide bonds. The lowest BCUT2D eigenvalue weighted by atomic mass is 10.0. The lowest BCUT2D eigenvalue weighted by Crippen LogP contribution is -2.36. The topological polar surface area (TPSA) is 75.5 Å². The van der Waals surface area contributed by atoms with Gasteiger partial charge < -0.3 is 9.47 Å². The van der Waals surface area contributed by atoms with E-state index in [1.165, 1.54) is 23.3 Å². The zero-order valence-electron chi connectivity index (χ0n) is 19.9. The highest BCUT2D eigenvalue weighted by Gasteiger charge is 2.32. The Morgan fingerprint density at radius 3 is 2.47 bits per heavy atom. The average Bonchev–Trinajstić information content (AvgIpc) is 3.38. The molecule has 9 heteroatoms. The van der Waals surface area contributed by atoms with Gasteiger partial charge in [-0.3, -0.25) is 4.79 Å². The average molecular weight is 499 g/mol. The molecule has 0 spiro atoms. The van der Waals surface area contributed by atoms with Gasteiger partial charge in [0.25, 0.3) is 5.91 Å². The Labute approximate surface area is 205 Å². The predicted molar refractivity (Wildman–Crippen MR) is 133 cm³/mol. The number of hydrogen-bond donors (Lipinski definition) is 0. The Bertz CT molecular complexity index is 1350. The number of thiazole rings is 1. The summed E-state index contributed by atoms with van der Waals surface area (Å²) in [6.07, 6.45) is 3.95. The van der Waals surface area contributed by atoms with E-state index in [1.807, 2.05) is 48.6 Å². The van der Waals surface area contributed by atoms with E-state index in [2.05, 4.69) is 11.1 Å². The summed E-state index contributed by atoms with van der Waals surface area (Å²) in [4.78, 5) is 20.6. The van der Waals surface area contributed by atoms with Crippen molar-refractivity contribution < 1.29 is 13.2 Å². The third-order valence-corrected chi connectivity index (χ3v) is 10.2. The first kappa shape index (κ1) is 23.3. The molecule has 0 N–H and O–H groups in total. The van der Waals surface area contributed by atoms with Crippen molar-refractivity contribution in [2.24, 2.45) is 7.05 Å². The van der Waals surface area contributed by atoms with Crippen molar-refractivity contribution in [3.8, 4) is 10.7 Å². The van der Waals surface area contributed by atoms with Gasteiger partial charge in [0, 0.05) is 38.9 Å². The lowest BCUT2D eigenvalue weighted by molar-refractivity contribution is 0.0728. The molecule has 0 unspecified atom stereocenters. The van der Waals surface area contributed by atoms with Crippen LogP contribution in [0.3, 0.4) is 0 Å². The van der Waals surface area contributed by atoms with Crippen LogP contribution in [0.5, 0.6) is 0 Å². The van der Waals surface area contributed by atoms with Crippen LogP contribution in [0.4, 0.5) is 0 Å². The third kappa shape index (κ3) is 3.99. The first-order chi connectivity index (χ1) is 16.3. The quantitative estimate of drug-likeness (QED) is 0.542. The normalized spacial score (nSPS) is 17.1. The van der Waals surface area contributed by atoms with Crippen LogP contribution < -0.4 is 0 Å². The smallest absolute Gasteiger partial charge is 0.265 e.